The Morgan fingerprint density at radius 1 is 1.08 bits per heavy atom. The van der Waals surface area contributed by atoms with Crippen LogP contribution in [0.5, 0.6) is 5.75 Å². The first-order valence-electron chi connectivity index (χ1n) is 12.2. The van der Waals surface area contributed by atoms with Crippen molar-refractivity contribution in [2.45, 2.75) is 58.0 Å². The maximum Gasteiger partial charge on any atom is 0.513 e. The number of nitrogens with one attached hydrogen (secondary N) is 4. The molecule has 14 nitrogen and oxygen atoms in total. The van der Waals surface area contributed by atoms with Gasteiger partial charge in [0.1, 0.15) is 30.7 Å². The average molecular weight is 537 g/mol. The Kier molecular flexibility index (Phi) is 11.6. The molecule has 0 spiro atoms. The predicted octanol–water partition coefficient (Wildman–Crippen LogP) is 0.250. The van der Waals surface area contributed by atoms with Crippen LogP contribution in [0.1, 0.15) is 33.6 Å². The molecule has 7 N–H and O–H groups in total. The van der Waals surface area contributed by atoms with Crippen molar-refractivity contribution in [3.63, 3.8) is 0 Å². The molecule has 0 saturated carbocycles. The summed E-state index contributed by atoms with van der Waals surface area (Å²) in [6.45, 7) is 4.94. The van der Waals surface area contributed by atoms with Crippen molar-refractivity contribution in [1.29, 1.82) is 5.41 Å². The highest BCUT2D eigenvalue weighted by atomic mass is 16.7. The summed E-state index contributed by atoms with van der Waals surface area (Å²) in [5.41, 5.74) is 5.47. The summed E-state index contributed by atoms with van der Waals surface area (Å²) in [6.07, 6.45) is -2.17. The zero-order valence-corrected chi connectivity index (χ0v) is 21.6. The summed E-state index contributed by atoms with van der Waals surface area (Å²) < 4.78 is 15.1. The highest BCUT2D eigenvalue weighted by Crippen LogP contribution is 2.15. The molecule has 14 heteroatoms. The number of carbonyl (C=O) groups is 4. The number of para-hydroxylation sites is 1. The number of aliphatic hydroxyl groups excluding tert-OH is 1. The number of likely N-dealkylation sites (tertiary alicyclic amines) is 1. The number of hydrogen-bond donors (Lipinski definition) is 6. The zero-order valence-electron chi connectivity index (χ0n) is 21.6. The van der Waals surface area contributed by atoms with Gasteiger partial charge in [-0.05, 0) is 37.8 Å². The van der Waals surface area contributed by atoms with Gasteiger partial charge in [0.05, 0.1) is 12.6 Å². The van der Waals surface area contributed by atoms with E-state index in [-0.39, 0.29) is 24.2 Å². The molecule has 0 aromatic heterocycles. The van der Waals surface area contributed by atoms with Crippen molar-refractivity contribution in [3.8, 4) is 5.75 Å². The summed E-state index contributed by atoms with van der Waals surface area (Å²) >= 11 is 0. The van der Waals surface area contributed by atoms with Crippen LogP contribution in [0.25, 0.3) is 0 Å². The molecule has 38 heavy (non-hydrogen) atoms. The van der Waals surface area contributed by atoms with Gasteiger partial charge in [0.25, 0.3) is 0 Å². The molecular formula is C24H36N6O8. The summed E-state index contributed by atoms with van der Waals surface area (Å²) in [4.78, 5) is 51.1. The quantitative estimate of drug-likeness (QED) is 0.104. The molecule has 0 radical (unpaired) electrons. The molecule has 1 aliphatic heterocycles. The Morgan fingerprint density at radius 2 is 1.76 bits per heavy atom. The van der Waals surface area contributed by atoms with Gasteiger partial charge in [-0.2, -0.15) is 0 Å². The van der Waals surface area contributed by atoms with Crippen LogP contribution in [0.15, 0.2) is 30.3 Å². The Hall–Kier alpha value is -4.07. The van der Waals surface area contributed by atoms with E-state index in [1.807, 2.05) is 13.8 Å². The number of aliphatic hydroxyl groups is 1. The largest absolute Gasteiger partial charge is 0.513 e. The van der Waals surface area contributed by atoms with Gasteiger partial charge in [-0.3, -0.25) is 15.0 Å². The molecule has 1 saturated heterocycles. The Balaban J connectivity index is 1.98. The fourth-order valence-electron chi connectivity index (χ4n) is 3.45. The SMILES string of the molecule is CC(C)COC(=O)N[C@H](COC(=O)Oc1ccccc1)C(=O)N[C@@H](C)C(=O)NC1CCCN(C(=N)N)C1O. The molecule has 1 fully saturated rings. The molecule has 1 aromatic rings. The fraction of sp³-hybridized carbons (Fsp3) is 0.542. The van der Waals surface area contributed by atoms with E-state index >= 15 is 0 Å². The number of rotatable bonds is 10. The molecule has 2 rings (SSSR count). The number of carbonyl (C=O) groups excluding carboxylic acids is 4. The minimum absolute atomic E-state index is 0.0444. The van der Waals surface area contributed by atoms with Gasteiger partial charge < -0.3 is 45.9 Å². The molecule has 1 heterocycles. The number of hydrogen-bond acceptors (Lipinski definition) is 9. The zero-order chi connectivity index (χ0) is 28.2. The van der Waals surface area contributed by atoms with Crippen molar-refractivity contribution >= 4 is 30.0 Å². The van der Waals surface area contributed by atoms with Crippen LogP contribution in [-0.4, -0.2) is 84.1 Å². The highest BCUT2D eigenvalue weighted by molar-refractivity contribution is 5.91. The van der Waals surface area contributed by atoms with Crippen LogP contribution in [-0.2, 0) is 19.1 Å². The van der Waals surface area contributed by atoms with Gasteiger partial charge in [-0.1, -0.05) is 32.0 Å². The lowest BCUT2D eigenvalue weighted by atomic mass is 10.0. The number of ether oxygens (including phenoxy) is 3. The fourth-order valence-corrected chi connectivity index (χ4v) is 3.45. The van der Waals surface area contributed by atoms with Gasteiger partial charge >= 0.3 is 12.2 Å². The van der Waals surface area contributed by atoms with Crippen LogP contribution >= 0.6 is 0 Å². The van der Waals surface area contributed by atoms with Crippen molar-refractivity contribution in [1.82, 2.24) is 20.9 Å². The van der Waals surface area contributed by atoms with Gasteiger partial charge in [-0.25, -0.2) is 9.59 Å². The molecule has 1 aromatic carbocycles. The third-order valence-electron chi connectivity index (χ3n) is 5.45. The Morgan fingerprint density at radius 3 is 2.39 bits per heavy atom. The topological polar surface area (TPSA) is 205 Å². The van der Waals surface area contributed by atoms with E-state index in [9.17, 15) is 24.3 Å². The van der Waals surface area contributed by atoms with Crippen molar-refractivity contribution in [3.05, 3.63) is 30.3 Å². The van der Waals surface area contributed by atoms with Gasteiger partial charge in [0.15, 0.2) is 5.96 Å². The average Bonchev–Trinajstić information content (AvgIpc) is 2.86. The van der Waals surface area contributed by atoms with E-state index in [4.69, 9.17) is 25.4 Å². The van der Waals surface area contributed by atoms with E-state index in [0.717, 1.165) is 0 Å². The summed E-state index contributed by atoms with van der Waals surface area (Å²) in [5, 5.41) is 25.3. The molecule has 4 atom stereocenters. The van der Waals surface area contributed by atoms with E-state index in [0.29, 0.717) is 19.4 Å². The number of amides is 3. The van der Waals surface area contributed by atoms with E-state index in [1.165, 1.54) is 24.0 Å². The van der Waals surface area contributed by atoms with Gasteiger partial charge in [0.2, 0.25) is 11.8 Å². The first-order chi connectivity index (χ1) is 18.0. The first-order valence-corrected chi connectivity index (χ1v) is 12.2. The number of piperidine rings is 1. The highest BCUT2D eigenvalue weighted by Gasteiger charge is 2.33. The first kappa shape index (κ1) is 30.2. The molecular weight excluding hydrogens is 500 g/mol. The minimum Gasteiger partial charge on any atom is -0.449 e. The third kappa shape index (κ3) is 9.76. The van der Waals surface area contributed by atoms with Crippen molar-refractivity contribution in [2.24, 2.45) is 11.7 Å². The standard InChI is InChI=1S/C24H36N6O8/c1-14(2)12-36-23(34)29-18(13-37-24(35)38-16-8-5-4-6-9-16)20(32)27-15(3)19(31)28-17-10-7-11-30(21(17)33)22(25)26/h4-6,8-9,14-15,17-18,21,33H,7,10-13H2,1-3H3,(H3,25,26)(H,27,32)(H,28,31)(H,29,34)/t15-,17?,18+,21?/m0/s1. The van der Waals surface area contributed by atoms with Gasteiger partial charge in [0, 0.05) is 6.54 Å². The van der Waals surface area contributed by atoms with Crippen molar-refractivity contribution in [2.75, 3.05) is 19.8 Å². The molecule has 0 bridgehead atoms. The third-order valence-corrected chi connectivity index (χ3v) is 5.45. The lowest BCUT2D eigenvalue weighted by Crippen LogP contribution is -2.61. The monoisotopic (exact) mass is 536 g/mol. The van der Waals surface area contributed by atoms with Crippen LogP contribution in [0, 0.1) is 11.3 Å². The summed E-state index contributed by atoms with van der Waals surface area (Å²) in [5.74, 6) is -1.49. The molecule has 2 unspecified atom stereocenters. The lowest BCUT2D eigenvalue weighted by molar-refractivity contribution is -0.131. The number of benzene rings is 1. The van der Waals surface area contributed by atoms with Gasteiger partial charge in [-0.15, -0.1) is 0 Å². The van der Waals surface area contributed by atoms with Crippen LogP contribution in [0.4, 0.5) is 9.59 Å². The number of nitrogens with zero attached hydrogens (tertiary/aromatic N) is 1. The van der Waals surface area contributed by atoms with Crippen LogP contribution in [0.3, 0.4) is 0 Å². The predicted molar refractivity (Wildman–Crippen MR) is 135 cm³/mol. The summed E-state index contributed by atoms with van der Waals surface area (Å²) in [7, 11) is 0. The molecule has 210 valence electrons. The molecule has 0 aliphatic carbocycles. The second kappa shape index (κ2) is 14.6. The van der Waals surface area contributed by atoms with Crippen LogP contribution in [0.2, 0.25) is 0 Å². The maximum absolute atomic E-state index is 12.9. The smallest absolute Gasteiger partial charge is 0.449 e. The second-order valence-electron chi connectivity index (χ2n) is 9.15. The second-order valence-corrected chi connectivity index (χ2v) is 9.15. The number of alkyl carbamates (subject to hydrolysis) is 1. The molecule has 3 amide bonds. The maximum atomic E-state index is 12.9. The van der Waals surface area contributed by atoms with Crippen molar-refractivity contribution < 1.29 is 38.5 Å². The van der Waals surface area contributed by atoms with E-state index < -0.39 is 55.0 Å². The minimum atomic E-state index is -1.40. The Bertz CT molecular complexity index is 976. The normalized spacial score (nSPS) is 18.5. The number of guanidine groups is 1. The Labute approximate surface area is 220 Å². The van der Waals surface area contributed by atoms with E-state index in [1.54, 1.807) is 18.2 Å². The number of nitrogens with two attached hydrogens (primary N) is 1. The van der Waals surface area contributed by atoms with Crippen LogP contribution < -0.4 is 26.4 Å². The molecule has 1 aliphatic rings. The summed E-state index contributed by atoms with van der Waals surface area (Å²) in [6, 6.07) is 4.91. The lowest BCUT2D eigenvalue weighted by Gasteiger charge is -2.38. The van der Waals surface area contributed by atoms with E-state index in [2.05, 4.69) is 16.0 Å².